The Morgan fingerprint density at radius 1 is 0.269 bits per heavy atom. The summed E-state index contributed by atoms with van der Waals surface area (Å²) in [6.45, 7) is 0. The van der Waals surface area contributed by atoms with Crippen LogP contribution in [0.15, 0.2) is 182 Å². The molecule has 0 fully saturated rings. The lowest BCUT2D eigenvalue weighted by atomic mass is 9.90. The molecule has 0 bridgehead atoms. The standard InChI is InChI=1S/C48H30N4/c1-3-12-32(13-4-1)46-50-47(33-14-5-2-6-15-33)52-48(51-46)38-27-37(29-49-30-38)35-19-9-18-34(26-35)36-24-25-41-43-23-11-17-31-16-10-22-42(45(31)43)39-20-7-8-21-40(39)44(41)28-36/h1-30H. The van der Waals surface area contributed by atoms with Gasteiger partial charge in [0.1, 0.15) is 0 Å². The van der Waals surface area contributed by atoms with Gasteiger partial charge in [-0.3, -0.25) is 4.98 Å². The summed E-state index contributed by atoms with van der Waals surface area (Å²) in [7, 11) is 0. The molecule has 10 rings (SSSR count). The Morgan fingerprint density at radius 3 is 1.37 bits per heavy atom. The fourth-order valence-corrected chi connectivity index (χ4v) is 7.46. The monoisotopic (exact) mass is 662 g/mol. The molecule has 0 atom stereocenters. The average molecular weight is 663 g/mol. The van der Waals surface area contributed by atoms with Gasteiger partial charge >= 0.3 is 0 Å². The molecular weight excluding hydrogens is 633 g/mol. The Morgan fingerprint density at radius 2 is 0.712 bits per heavy atom. The molecule has 0 N–H and O–H groups in total. The lowest BCUT2D eigenvalue weighted by Gasteiger charge is -2.14. The highest BCUT2D eigenvalue weighted by Crippen LogP contribution is 2.48. The van der Waals surface area contributed by atoms with Crippen LogP contribution in [0.25, 0.3) is 101 Å². The molecule has 2 heterocycles. The number of benzene rings is 7. The van der Waals surface area contributed by atoms with Crippen LogP contribution >= 0.6 is 0 Å². The summed E-state index contributed by atoms with van der Waals surface area (Å²) in [4.78, 5) is 19.4. The molecule has 0 spiro atoms. The molecule has 0 aliphatic heterocycles. The van der Waals surface area contributed by atoms with Crippen LogP contribution in [0.1, 0.15) is 0 Å². The number of aromatic nitrogens is 4. The molecule has 1 aliphatic rings. The van der Waals surface area contributed by atoms with E-state index in [9.17, 15) is 0 Å². The van der Waals surface area contributed by atoms with E-state index in [4.69, 9.17) is 15.0 Å². The zero-order chi connectivity index (χ0) is 34.4. The van der Waals surface area contributed by atoms with Crippen molar-refractivity contribution in [2.24, 2.45) is 0 Å². The Bertz CT molecular complexity index is 2730. The van der Waals surface area contributed by atoms with Crippen molar-refractivity contribution < 1.29 is 0 Å². The van der Waals surface area contributed by atoms with Gasteiger partial charge in [-0.25, -0.2) is 15.0 Å². The Hall–Kier alpha value is -7.04. The lowest BCUT2D eigenvalue weighted by molar-refractivity contribution is 1.07. The quantitative estimate of drug-likeness (QED) is 0.184. The minimum absolute atomic E-state index is 0.582. The molecule has 9 aromatic rings. The van der Waals surface area contributed by atoms with Gasteiger partial charge in [-0.15, -0.1) is 0 Å². The van der Waals surface area contributed by atoms with Crippen LogP contribution in [0.4, 0.5) is 0 Å². The van der Waals surface area contributed by atoms with Crippen LogP contribution in [0.5, 0.6) is 0 Å². The van der Waals surface area contributed by atoms with Gasteiger partial charge in [0.15, 0.2) is 17.5 Å². The molecule has 0 saturated carbocycles. The van der Waals surface area contributed by atoms with Gasteiger partial charge in [-0.05, 0) is 79.0 Å². The van der Waals surface area contributed by atoms with Crippen molar-refractivity contribution in [1.29, 1.82) is 0 Å². The van der Waals surface area contributed by atoms with Crippen molar-refractivity contribution in [3.8, 4) is 89.8 Å². The molecule has 242 valence electrons. The molecule has 52 heavy (non-hydrogen) atoms. The fraction of sp³-hybridized carbons (Fsp3) is 0. The van der Waals surface area contributed by atoms with Crippen LogP contribution in [-0.2, 0) is 0 Å². The van der Waals surface area contributed by atoms with Crippen molar-refractivity contribution in [3.05, 3.63) is 182 Å². The van der Waals surface area contributed by atoms with Crippen LogP contribution in [-0.4, -0.2) is 19.9 Å². The highest BCUT2D eigenvalue weighted by molar-refractivity contribution is 6.13. The largest absolute Gasteiger partial charge is 0.263 e. The third kappa shape index (κ3) is 5.17. The summed E-state index contributed by atoms with van der Waals surface area (Å²) in [5.74, 6) is 1.83. The third-order valence-electron chi connectivity index (χ3n) is 9.95. The van der Waals surface area contributed by atoms with E-state index in [1.807, 2.05) is 73.1 Å². The van der Waals surface area contributed by atoms with Gasteiger partial charge in [0, 0.05) is 34.6 Å². The van der Waals surface area contributed by atoms with Crippen LogP contribution in [0.2, 0.25) is 0 Å². The molecule has 0 radical (unpaired) electrons. The van der Waals surface area contributed by atoms with Crippen molar-refractivity contribution in [2.45, 2.75) is 0 Å². The van der Waals surface area contributed by atoms with Gasteiger partial charge in [-0.2, -0.15) is 0 Å². The first-order valence-electron chi connectivity index (χ1n) is 17.5. The van der Waals surface area contributed by atoms with E-state index < -0.39 is 0 Å². The first-order chi connectivity index (χ1) is 25.8. The van der Waals surface area contributed by atoms with Gasteiger partial charge in [-0.1, -0.05) is 152 Å². The van der Waals surface area contributed by atoms with Crippen molar-refractivity contribution in [3.63, 3.8) is 0 Å². The summed E-state index contributed by atoms with van der Waals surface area (Å²) >= 11 is 0. The maximum Gasteiger partial charge on any atom is 0.165 e. The predicted octanol–water partition coefficient (Wildman–Crippen LogP) is 12.1. The topological polar surface area (TPSA) is 51.6 Å². The number of rotatable bonds is 5. The van der Waals surface area contributed by atoms with E-state index in [0.29, 0.717) is 17.5 Å². The Balaban J connectivity index is 1.06. The first kappa shape index (κ1) is 29.8. The van der Waals surface area contributed by atoms with E-state index in [0.717, 1.165) is 38.9 Å². The second-order valence-corrected chi connectivity index (χ2v) is 13.1. The molecule has 4 heteroatoms. The Kier molecular flexibility index (Phi) is 7.10. The minimum Gasteiger partial charge on any atom is -0.263 e. The summed E-state index contributed by atoms with van der Waals surface area (Å²) < 4.78 is 0. The van der Waals surface area contributed by atoms with Crippen LogP contribution in [0.3, 0.4) is 0 Å². The number of pyridine rings is 1. The van der Waals surface area contributed by atoms with Crippen LogP contribution < -0.4 is 0 Å². The number of nitrogens with zero attached hydrogens (tertiary/aromatic N) is 4. The van der Waals surface area contributed by atoms with Crippen molar-refractivity contribution in [2.75, 3.05) is 0 Å². The Labute approximate surface area is 301 Å². The SMILES string of the molecule is c1ccc(-c2nc(-c3ccccc3)nc(-c3cncc(-c4cccc(-c5ccc6c(c5)-c5ccccc5-c5cccc7cccc-6c57)c4)c3)n2)cc1. The molecule has 2 aromatic heterocycles. The van der Waals surface area contributed by atoms with Gasteiger partial charge < -0.3 is 0 Å². The van der Waals surface area contributed by atoms with Crippen molar-refractivity contribution in [1.82, 2.24) is 19.9 Å². The number of hydrogen-bond donors (Lipinski definition) is 0. The number of fused-ring (bicyclic) bond motifs is 5. The average Bonchev–Trinajstić information content (AvgIpc) is 3.35. The summed E-state index contributed by atoms with van der Waals surface area (Å²) in [6, 6.07) is 59.9. The molecule has 0 saturated heterocycles. The lowest BCUT2D eigenvalue weighted by Crippen LogP contribution is -2.00. The van der Waals surface area contributed by atoms with Crippen LogP contribution in [0, 0.1) is 0 Å². The highest BCUT2D eigenvalue weighted by Gasteiger charge is 2.22. The second kappa shape index (κ2) is 12.4. The molecule has 0 unspecified atom stereocenters. The molecule has 7 aromatic carbocycles. The summed E-state index contributed by atoms with van der Waals surface area (Å²) in [6.07, 6.45) is 3.74. The van der Waals surface area contributed by atoms with E-state index in [1.165, 1.54) is 44.2 Å². The van der Waals surface area contributed by atoms with Crippen molar-refractivity contribution >= 4 is 10.8 Å². The second-order valence-electron chi connectivity index (χ2n) is 13.1. The fourth-order valence-electron chi connectivity index (χ4n) is 7.46. The van der Waals surface area contributed by atoms with Gasteiger partial charge in [0.05, 0.1) is 0 Å². The first-order valence-corrected chi connectivity index (χ1v) is 17.5. The smallest absolute Gasteiger partial charge is 0.165 e. The summed E-state index contributed by atoms with van der Waals surface area (Å²) in [5.41, 5.74) is 14.6. The van der Waals surface area contributed by atoms with Gasteiger partial charge in [0.2, 0.25) is 0 Å². The highest BCUT2D eigenvalue weighted by atomic mass is 15.0. The normalized spacial score (nSPS) is 11.5. The predicted molar refractivity (Wildman–Crippen MR) is 212 cm³/mol. The molecule has 1 aliphatic carbocycles. The molecular formula is C48H30N4. The minimum atomic E-state index is 0.582. The maximum atomic E-state index is 4.93. The molecule has 4 nitrogen and oxygen atoms in total. The van der Waals surface area contributed by atoms with E-state index in [1.54, 1.807) is 0 Å². The van der Waals surface area contributed by atoms with E-state index in [2.05, 4.69) is 114 Å². The maximum absolute atomic E-state index is 4.93. The molecule has 0 amide bonds. The third-order valence-corrected chi connectivity index (χ3v) is 9.95. The van der Waals surface area contributed by atoms with E-state index in [-0.39, 0.29) is 0 Å². The van der Waals surface area contributed by atoms with E-state index >= 15 is 0 Å². The number of hydrogen-bond acceptors (Lipinski definition) is 4. The van der Waals surface area contributed by atoms with Gasteiger partial charge in [0.25, 0.3) is 0 Å². The zero-order valence-electron chi connectivity index (χ0n) is 28.1. The zero-order valence-corrected chi connectivity index (χ0v) is 28.1. The summed E-state index contributed by atoms with van der Waals surface area (Å²) in [5, 5.41) is 2.57.